The standard InChI is InChI=1S/C23H23F4N5O4/c1-12-8-20(35-3)28-11-16(12)29-21(33)14-9-15(24)17(10-18(14)36-13(2)23(25,26)27)32-22(34)31-7-5-4-6-19(31)30-32/h8-11,13H,4-7H2,1-3H3,(H,29,33)/t13-/m0/s1. The van der Waals surface area contributed by atoms with Crippen molar-refractivity contribution in [2.75, 3.05) is 12.4 Å². The van der Waals surface area contributed by atoms with Crippen LogP contribution in [0.3, 0.4) is 0 Å². The number of carbonyl (C=O) groups is 1. The number of amides is 1. The van der Waals surface area contributed by atoms with E-state index in [1.165, 1.54) is 23.9 Å². The van der Waals surface area contributed by atoms with Crippen LogP contribution < -0.4 is 20.5 Å². The summed E-state index contributed by atoms with van der Waals surface area (Å²) in [5.41, 5.74) is -0.771. The molecule has 9 nitrogen and oxygen atoms in total. The van der Waals surface area contributed by atoms with Crippen LogP contribution in [0.5, 0.6) is 11.6 Å². The predicted octanol–water partition coefficient (Wildman–Crippen LogP) is 3.80. The molecule has 0 unspecified atom stereocenters. The number of ether oxygens (including phenoxy) is 2. The molecule has 1 N–H and O–H groups in total. The predicted molar refractivity (Wildman–Crippen MR) is 120 cm³/mol. The fourth-order valence-corrected chi connectivity index (χ4v) is 3.76. The summed E-state index contributed by atoms with van der Waals surface area (Å²) in [6, 6.07) is 3.14. The third kappa shape index (κ3) is 4.90. The molecule has 4 rings (SSSR count). The molecule has 1 aromatic carbocycles. The van der Waals surface area contributed by atoms with Gasteiger partial charge >= 0.3 is 11.9 Å². The van der Waals surface area contributed by atoms with Gasteiger partial charge in [0.2, 0.25) is 5.88 Å². The molecule has 0 saturated heterocycles. The normalized spacial score (nSPS) is 14.2. The highest BCUT2D eigenvalue weighted by molar-refractivity contribution is 6.06. The maximum Gasteiger partial charge on any atom is 0.425 e. The van der Waals surface area contributed by atoms with Crippen molar-refractivity contribution >= 4 is 11.6 Å². The Bertz CT molecular complexity index is 1370. The molecule has 1 amide bonds. The Morgan fingerprint density at radius 2 is 1.97 bits per heavy atom. The van der Waals surface area contributed by atoms with Crippen molar-refractivity contribution in [1.82, 2.24) is 19.3 Å². The van der Waals surface area contributed by atoms with Gasteiger partial charge in [-0.25, -0.2) is 14.2 Å². The molecule has 1 aliphatic rings. The number of nitrogens with zero attached hydrogens (tertiary/aromatic N) is 4. The number of anilines is 1. The van der Waals surface area contributed by atoms with Crippen LogP contribution in [0.15, 0.2) is 29.2 Å². The third-order valence-electron chi connectivity index (χ3n) is 5.80. The molecule has 36 heavy (non-hydrogen) atoms. The van der Waals surface area contributed by atoms with Gasteiger partial charge in [-0.15, -0.1) is 5.10 Å². The van der Waals surface area contributed by atoms with E-state index in [-0.39, 0.29) is 11.6 Å². The summed E-state index contributed by atoms with van der Waals surface area (Å²) in [4.78, 5) is 29.8. The fourth-order valence-electron chi connectivity index (χ4n) is 3.76. The number of carbonyl (C=O) groups excluding carboxylic acids is 1. The summed E-state index contributed by atoms with van der Waals surface area (Å²) >= 11 is 0. The van der Waals surface area contributed by atoms with E-state index in [4.69, 9.17) is 9.47 Å². The van der Waals surface area contributed by atoms with Gasteiger partial charge in [0.25, 0.3) is 5.91 Å². The number of halogens is 4. The average molecular weight is 509 g/mol. The van der Waals surface area contributed by atoms with Crippen LogP contribution in [0, 0.1) is 12.7 Å². The number of methoxy groups -OCH3 is 1. The van der Waals surface area contributed by atoms with Crippen molar-refractivity contribution in [3.63, 3.8) is 0 Å². The number of pyridine rings is 1. The fraction of sp³-hybridized carbons (Fsp3) is 0.391. The van der Waals surface area contributed by atoms with Crippen molar-refractivity contribution in [3.05, 3.63) is 57.6 Å². The van der Waals surface area contributed by atoms with Crippen LogP contribution in [0.4, 0.5) is 23.2 Å². The second kappa shape index (κ2) is 9.63. The van der Waals surface area contributed by atoms with E-state index in [0.29, 0.717) is 24.4 Å². The van der Waals surface area contributed by atoms with Crippen LogP contribution in [0.25, 0.3) is 5.69 Å². The molecule has 3 heterocycles. The Morgan fingerprint density at radius 3 is 2.61 bits per heavy atom. The lowest BCUT2D eigenvalue weighted by Crippen LogP contribution is -2.32. The Kier molecular flexibility index (Phi) is 6.74. The molecule has 0 spiro atoms. The van der Waals surface area contributed by atoms with E-state index in [1.54, 1.807) is 6.92 Å². The smallest absolute Gasteiger partial charge is 0.425 e. The number of alkyl halides is 3. The average Bonchev–Trinajstić information content (AvgIpc) is 3.16. The lowest BCUT2D eigenvalue weighted by molar-refractivity contribution is -0.189. The molecule has 192 valence electrons. The van der Waals surface area contributed by atoms with Gasteiger partial charge in [-0.2, -0.15) is 17.9 Å². The van der Waals surface area contributed by atoms with Crippen LogP contribution in [-0.4, -0.2) is 44.6 Å². The lowest BCUT2D eigenvalue weighted by atomic mass is 10.1. The van der Waals surface area contributed by atoms with Gasteiger partial charge in [-0.05, 0) is 38.3 Å². The maximum absolute atomic E-state index is 15.2. The van der Waals surface area contributed by atoms with E-state index in [2.05, 4.69) is 15.4 Å². The number of benzene rings is 1. The first-order valence-corrected chi connectivity index (χ1v) is 11.1. The van der Waals surface area contributed by atoms with E-state index in [0.717, 1.165) is 36.6 Å². The van der Waals surface area contributed by atoms with E-state index >= 15 is 4.39 Å². The highest BCUT2D eigenvalue weighted by Gasteiger charge is 2.39. The first kappa shape index (κ1) is 25.2. The lowest BCUT2D eigenvalue weighted by Gasteiger charge is -2.20. The summed E-state index contributed by atoms with van der Waals surface area (Å²) in [7, 11) is 1.41. The molecular weight excluding hydrogens is 486 g/mol. The topological polar surface area (TPSA) is 100 Å². The van der Waals surface area contributed by atoms with Gasteiger partial charge < -0.3 is 14.8 Å². The molecule has 2 aromatic heterocycles. The Balaban J connectivity index is 1.77. The number of fused-ring (bicyclic) bond motifs is 1. The minimum absolute atomic E-state index is 0.234. The Labute approximate surface area is 202 Å². The van der Waals surface area contributed by atoms with E-state index in [1.807, 2.05) is 0 Å². The summed E-state index contributed by atoms with van der Waals surface area (Å²) in [6.07, 6.45) is -3.73. The molecule has 13 heteroatoms. The molecule has 0 aliphatic carbocycles. The monoisotopic (exact) mass is 509 g/mol. The first-order chi connectivity index (χ1) is 17.0. The molecular formula is C23H23F4N5O4. The Morgan fingerprint density at radius 1 is 1.22 bits per heavy atom. The highest BCUT2D eigenvalue weighted by Crippen LogP contribution is 2.31. The number of aromatic nitrogens is 4. The molecule has 0 bridgehead atoms. The zero-order valence-electron chi connectivity index (χ0n) is 19.6. The van der Waals surface area contributed by atoms with Crippen LogP contribution in [-0.2, 0) is 13.0 Å². The van der Waals surface area contributed by atoms with Crippen LogP contribution in [0.2, 0.25) is 0 Å². The van der Waals surface area contributed by atoms with E-state index in [9.17, 15) is 22.8 Å². The third-order valence-corrected chi connectivity index (χ3v) is 5.80. The molecule has 1 aliphatic heterocycles. The van der Waals surface area contributed by atoms with Crippen LogP contribution in [0.1, 0.15) is 41.5 Å². The summed E-state index contributed by atoms with van der Waals surface area (Å²) < 4.78 is 67.3. The zero-order chi connectivity index (χ0) is 26.2. The second-order valence-electron chi connectivity index (χ2n) is 8.32. The zero-order valence-corrected chi connectivity index (χ0v) is 19.6. The first-order valence-electron chi connectivity index (χ1n) is 11.1. The van der Waals surface area contributed by atoms with Gasteiger partial charge in [0.05, 0.1) is 24.6 Å². The summed E-state index contributed by atoms with van der Waals surface area (Å²) in [6.45, 7) is 2.81. The van der Waals surface area contributed by atoms with Gasteiger partial charge in [0.1, 0.15) is 23.1 Å². The van der Waals surface area contributed by atoms with Gasteiger partial charge in [0.15, 0.2) is 6.10 Å². The van der Waals surface area contributed by atoms with Gasteiger partial charge in [-0.1, -0.05) is 0 Å². The molecule has 0 saturated carbocycles. The van der Waals surface area contributed by atoms with Gasteiger partial charge in [0, 0.05) is 25.1 Å². The summed E-state index contributed by atoms with van der Waals surface area (Å²) in [5.74, 6) is -1.80. The van der Waals surface area contributed by atoms with Gasteiger partial charge in [-0.3, -0.25) is 9.36 Å². The summed E-state index contributed by atoms with van der Waals surface area (Å²) in [5, 5.41) is 6.64. The van der Waals surface area contributed by atoms with E-state index < -0.39 is 46.7 Å². The largest absolute Gasteiger partial charge is 0.481 e. The quantitative estimate of drug-likeness (QED) is 0.508. The van der Waals surface area contributed by atoms with Crippen LogP contribution >= 0.6 is 0 Å². The number of hydrogen-bond donors (Lipinski definition) is 1. The Hall–Kier alpha value is -3.90. The van der Waals surface area contributed by atoms with Crippen molar-refractivity contribution in [2.45, 2.75) is 51.9 Å². The number of rotatable bonds is 6. The van der Waals surface area contributed by atoms with Crippen molar-refractivity contribution < 1.29 is 31.8 Å². The number of hydrogen-bond acceptors (Lipinski definition) is 6. The SMILES string of the molecule is COc1cc(C)c(NC(=O)c2cc(F)c(-n3nc4n(c3=O)CCCC4)cc2O[C@@H](C)C(F)(F)F)cn1. The minimum atomic E-state index is -4.76. The molecule has 1 atom stereocenters. The molecule has 0 radical (unpaired) electrons. The van der Waals surface area contributed by atoms with Crippen molar-refractivity contribution in [3.8, 4) is 17.3 Å². The highest BCUT2D eigenvalue weighted by atomic mass is 19.4. The van der Waals surface area contributed by atoms with Crippen molar-refractivity contribution in [1.29, 1.82) is 0 Å². The molecule has 0 fully saturated rings. The minimum Gasteiger partial charge on any atom is -0.481 e. The second-order valence-corrected chi connectivity index (χ2v) is 8.32. The number of nitrogens with one attached hydrogen (secondary N) is 1. The maximum atomic E-state index is 15.2. The molecule has 3 aromatic rings. The van der Waals surface area contributed by atoms with Crippen molar-refractivity contribution in [2.24, 2.45) is 0 Å². The number of aryl methyl sites for hydroxylation is 2.